The summed E-state index contributed by atoms with van der Waals surface area (Å²) in [7, 11) is 1.89. The third-order valence-electron chi connectivity index (χ3n) is 4.21. The summed E-state index contributed by atoms with van der Waals surface area (Å²) in [4.78, 5) is 12.2. The molecule has 0 unspecified atom stereocenters. The van der Waals surface area contributed by atoms with Crippen molar-refractivity contribution < 1.29 is 9.53 Å². The van der Waals surface area contributed by atoms with E-state index < -0.39 is 0 Å². The predicted molar refractivity (Wildman–Crippen MR) is 86.7 cm³/mol. The Morgan fingerprint density at radius 1 is 1.43 bits per heavy atom. The Labute approximate surface area is 136 Å². The normalized spacial score (nSPS) is 21.3. The van der Waals surface area contributed by atoms with Crippen LogP contribution in [0.3, 0.4) is 0 Å². The van der Waals surface area contributed by atoms with Crippen LogP contribution in [-0.4, -0.2) is 32.9 Å². The number of nitrogens with one attached hydrogen (secondary N) is 1. The van der Waals surface area contributed by atoms with E-state index in [1.165, 1.54) is 0 Å². The maximum absolute atomic E-state index is 12.2. The van der Waals surface area contributed by atoms with Gasteiger partial charge in [-0.15, -0.1) is 0 Å². The molecule has 1 aliphatic heterocycles. The first-order chi connectivity index (χ1) is 11.2. The van der Waals surface area contributed by atoms with Crippen molar-refractivity contribution in [2.75, 3.05) is 6.61 Å². The van der Waals surface area contributed by atoms with E-state index in [9.17, 15) is 4.79 Å². The third kappa shape index (κ3) is 4.22. The van der Waals surface area contributed by atoms with Gasteiger partial charge in [0.25, 0.3) is 0 Å². The molecule has 0 radical (unpaired) electrons. The average Bonchev–Trinajstić information content (AvgIpc) is 3.19. The van der Waals surface area contributed by atoms with Gasteiger partial charge in [-0.1, -0.05) is 0 Å². The molecule has 0 spiro atoms. The van der Waals surface area contributed by atoms with Gasteiger partial charge in [-0.25, -0.2) is 0 Å². The molecule has 3 rings (SSSR count). The molecular weight excluding hydrogens is 292 g/mol. The van der Waals surface area contributed by atoms with E-state index in [1.54, 1.807) is 4.68 Å². The lowest BCUT2D eigenvalue weighted by Crippen LogP contribution is -2.42. The molecule has 1 fully saturated rings. The topological polar surface area (TPSA) is 61.1 Å². The van der Waals surface area contributed by atoms with E-state index >= 15 is 0 Å². The number of nitrogens with zero attached hydrogens (tertiary/aromatic N) is 3. The molecule has 2 atom stereocenters. The third-order valence-corrected chi connectivity index (χ3v) is 4.21. The number of hydrogen-bond donors (Lipinski definition) is 1. The number of ether oxygens (including phenoxy) is 1. The Morgan fingerprint density at radius 2 is 2.26 bits per heavy atom. The summed E-state index contributed by atoms with van der Waals surface area (Å²) in [6, 6.07) is 4.03. The lowest BCUT2D eigenvalue weighted by Gasteiger charge is -2.31. The van der Waals surface area contributed by atoms with Crippen molar-refractivity contribution in [1.82, 2.24) is 19.7 Å². The highest BCUT2D eigenvalue weighted by molar-refractivity contribution is 5.76. The van der Waals surface area contributed by atoms with Gasteiger partial charge in [0.1, 0.15) is 6.10 Å². The van der Waals surface area contributed by atoms with E-state index in [-0.39, 0.29) is 18.1 Å². The van der Waals surface area contributed by atoms with Gasteiger partial charge >= 0.3 is 0 Å². The molecule has 3 heterocycles. The largest absolute Gasteiger partial charge is 0.371 e. The van der Waals surface area contributed by atoms with Crippen LogP contribution < -0.4 is 5.32 Å². The van der Waals surface area contributed by atoms with Gasteiger partial charge in [0, 0.05) is 50.8 Å². The van der Waals surface area contributed by atoms with Crippen molar-refractivity contribution in [3.63, 3.8) is 0 Å². The van der Waals surface area contributed by atoms with Gasteiger partial charge in [-0.2, -0.15) is 5.10 Å². The Morgan fingerprint density at radius 3 is 3.00 bits per heavy atom. The van der Waals surface area contributed by atoms with Crippen LogP contribution in [0.4, 0.5) is 0 Å². The first kappa shape index (κ1) is 15.8. The molecule has 1 N–H and O–H groups in total. The number of carbonyl (C=O) groups excluding carboxylic acids is 1. The van der Waals surface area contributed by atoms with Gasteiger partial charge in [0.05, 0.1) is 12.2 Å². The zero-order chi connectivity index (χ0) is 16.1. The number of amides is 1. The fourth-order valence-electron chi connectivity index (χ4n) is 3.06. The lowest BCUT2D eigenvalue weighted by molar-refractivity contribution is -0.124. The second-order valence-corrected chi connectivity index (χ2v) is 6.08. The molecule has 2 aromatic rings. The summed E-state index contributed by atoms with van der Waals surface area (Å²) in [5.74, 6) is 0.0987. The van der Waals surface area contributed by atoms with Crippen molar-refractivity contribution in [2.45, 2.75) is 44.4 Å². The van der Waals surface area contributed by atoms with Crippen molar-refractivity contribution in [2.24, 2.45) is 7.05 Å². The predicted octanol–water partition coefficient (Wildman–Crippen LogP) is 2.04. The zero-order valence-electron chi connectivity index (χ0n) is 13.5. The number of rotatable bonds is 6. The van der Waals surface area contributed by atoms with Crippen molar-refractivity contribution in [3.8, 4) is 0 Å². The van der Waals surface area contributed by atoms with Gasteiger partial charge < -0.3 is 14.6 Å². The summed E-state index contributed by atoms with van der Waals surface area (Å²) in [5, 5.41) is 7.35. The standard InChI is InChI=1S/C17H24N4O2/c1-20-13-14(12-18-20)17-15(6-5-11-23-17)19-16(22)7-4-10-21-8-2-3-9-21/h2-3,8-9,12-13,15,17H,4-7,10-11H2,1H3,(H,19,22)/t15-,17+/m0/s1. The van der Waals surface area contributed by atoms with Crippen molar-refractivity contribution in [3.05, 3.63) is 42.5 Å². The van der Waals surface area contributed by atoms with Crippen molar-refractivity contribution >= 4 is 5.91 Å². The molecule has 124 valence electrons. The summed E-state index contributed by atoms with van der Waals surface area (Å²) < 4.78 is 9.74. The first-order valence-electron chi connectivity index (χ1n) is 8.22. The zero-order valence-corrected chi connectivity index (χ0v) is 13.5. The van der Waals surface area contributed by atoms with Crippen LogP contribution in [0, 0.1) is 0 Å². The maximum Gasteiger partial charge on any atom is 0.220 e. The Kier molecular flexibility index (Phi) is 5.12. The minimum Gasteiger partial charge on any atom is -0.371 e. The summed E-state index contributed by atoms with van der Waals surface area (Å²) in [5.41, 5.74) is 1.03. The number of aromatic nitrogens is 3. The highest BCUT2D eigenvalue weighted by Gasteiger charge is 2.29. The summed E-state index contributed by atoms with van der Waals surface area (Å²) in [6.45, 7) is 1.60. The molecule has 6 nitrogen and oxygen atoms in total. The second kappa shape index (κ2) is 7.46. The molecule has 6 heteroatoms. The fraction of sp³-hybridized carbons (Fsp3) is 0.529. The molecule has 2 aromatic heterocycles. The highest BCUT2D eigenvalue weighted by Crippen LogP contribution is 2.28. The average molecular weight is 316 g/mol. The summed E-state index contributed by atoms with van der Waals surface area (Å²) in [6.07, 6.45) is 11.0. The Hall–Kier alpha value is -2.08. The van der Waals surface area contributed by atoms with Crippen LogP contribution in [0.1, 0.15) is 37.4 Å². The molecule has 0 aliphatic carbocycles. The van der Waals surface area contributed by atoms with Gasteiger partial charge in [-0.3, -0.25) is 9.48 Å². The quantitative estimate of drug-likeness (QED) is 0.887. The Balaban J connectivity index is 1.51. The molecule has 23 heavy (non-hydrogen) atoms. The number of hydrogen-bond acceptors (Lipinski definition) is 3. The molecule has 1 amide bonds. The van der Waals surface area contributed by atoms with E-state index in [2.05, 4.69) is 15.0 Å². The minimum atomic E-state index is -0.0918. The van der Waals surface area contributed by atoms with E-state index in [4.69, 9.17) is 4.74 Å². The van der Waals surface area contributed by atoms with Crippen LogP contribution in [-0.2, 0) is 23.1 Å². The van der Waals surface area contributed by atoms with Crippen LogP contribution in [0.5, 0.6) is 0 Å². The highest BCUT2D eigenvalue weighted by atomic mass is 16.5. The molecule has 0 saturated carbocycles. The monoisotopic (exact) mass is 316 g/mol. The Bertz CT molecular complexity index is 620. The minimum absolute atomic E-state index is 0.0343. The van der Waals surface area contributed by atoms with E-state index in [1.807, 2.05) is 44.0 Å². The summed E-state index contributed by atoms with van der Waals surface area (Å²) >= 11 is 0. The van der Waals surface area contributed by atoms with Crippen LogP contribution in [0.2, 0.25) is 0 Å². The fourth-order valence-corrected chi connectivity index (χ4v) is 3.06. The molecule has 1 aliphatic rings. The van der Waals surface area contributed by atoms with Crippen LogP contribution in [0.25, 0.3) is 0 Å². The van der Waals surface area contributed by atoms with Gasteiger partial charge in [0.2, 0.25) is 5.91 Å². The van der Waals surface area contributed by atoms with Crippen LogP contribution in [0.15, 0.2) is 36.9 Å². The molecule has 1 saturated heterocycles. The second-order valence-electron chi connectivity index (χ2n) is 6.08. The molecule has 0 bridgehead atoms. The maximum atomic E-state index is 12.2. The van der Waals surface area contributed by atoms with E-state index in [0.29, 0.717) is 6.42 Å². The van der Waals surface area contributed by atoms with Gasteiger partial charge in [-0.05, 0) is 31.4 Å². The smallest absolute Gasteiger partial charge is 0.220 e. The van der Waals surface area contributed by atoms with Crippen LogP contribution >= 0.6 is 0 Å². The number of carbonyl (C=O) groups is 1. The number of aryl methyl sites for hydroxylation is 2. The molecular formula is C17H24N4O2. The first-order valence-corrected chi connectivity index (χ1v) is 8.22. The van der Waals surface area contributed by atoms with Crippen molar-refractivity contribution in [1.29, 1.82) is 0 Å². The SMILES string of the molecule is Cn1cc([C@H]2OCCC[C@@H]2NC(=O)CCCn2cccc2)cn1. The van der Waals surface area contributed by atoms with E-state index in [0.717, 1.165) is 38.0 Å². The van der Waals surface area contributed by atoms with Gasteiger partial charge in [0.15, 0.2) is 0 Å². The lowest BCUT2D eigenvalue weighted by atomic mass is 9.98. The molecule has 0 aromatic carbocycles.